The maximum atomic E-state index is 9.65. The van der Waals surface area contributed by atoms with Crippen LogP contribution in [0.5, 0.6) is 0 Å². The number of rotatable bonds is 7. The molecule has 0 aliphatic carbocycles. The highest BCUT2D eigenvalue weighted by molar-refractivity contribution is 5.80. The Morgan fingerprint density at radius 1 is 1.07 bits per heavy atom. The van der Waals surface area contributed by atoms with Crippen LogP contribution in [0.15, 0.2) is 29.3 Å². The second-order valence-electron chi connectivity index (χ2n) is 8.33. The number of benzene rings is 1. The molecule has 162 valence electrons. The van der Waals surface area contributed by atoms with Crippen molar-refractivity contribution in [2.24, 2.45) is 4.99 Å². The zero-order chi connectivity index (χ0) is 20.6. The Hall–Kier alpha value is -1.63. The molecule has 1 aromatic carbocycles. The Morgan fingerprint density at radius 3 is 2.34 bits per heavy atom. The van der Waals surface area contributed by atoms with Crippen molar-refractivity contribution in [1.82, 2.24) is 20.0 Å². The van der Waals surface area contributed by atoms with Crippen molar-refractivity contribution >= 4 is 5.96 Å². The summed E-state index contributed by atoms with van der Waals surface area (Å²) in [6.07, 6.45) is 2.90. The van der Waals surface area contributed by atoms with E-state index >= 15 is 0 Å². The van der Waals surface area contributed by atoms with Gasteiger partial charge in [-0.1, -0.05) is 38.1 Å². The largest absolute Gasteiger partial charge is 0.393 e. The summed E-state index contributed by atoms with van der Waals surface area (Å²) >= 11 is 0. The zero-order valence-corrected chi connectivity index (χ0v) is 18.5. The van der Waals surface area contributed by atoms with Crippen LogP contribution in [0.1, 0.15) is 44.2 Å². The van der Waals surface area contributed by atoms with Crippen molar-refractivity contribution in [3.05, 3.63) is 35.4 Å². The van der Waals surface area contributed by atoms with E-state index in [0.717, 1.165) is 71.2 Å². The van der Waals surface area contributed by atoms with Gasteiger partial charge in [0.15, 0.2) is 5.96 Å². The fourth-order valence-corrected chi connectivity index (χ4v) is 4.58. The van der Waals surface area contributed by atoms with E-state index in [2.05, 4.69) is 63.1 Å². The molecular weight excluding hydrogens is 362 g/mol. The molecule has 0 amide bonds. The van der Waals surface area contributed by atoms with Gasteiger partial charge in [0.05, 0.1) is 6.10 Å². The van der Waals surface area contributed by atoms with Crippen molar-refractivity contribution in [2.75, 3.05) is 46.3 Å². The van der Waals surface area contributed by atoms with Gasteiger partial charge in [-0.05, 0) is 43.5 Å². The fraction of sp³-hybridized carbons (Fsp3) is 0.696. The number of aliphatic imine (C=N–C) groups is 1. The summed E-state index contributed by atoms with van der Waals surface area (Å²) in [6, 6.07) is 9.54. The van der Waals surface area contributed by atoms with Crippen molar-refractivity contribution < 1.29 is 5.11 Å². The average Bonchev–Trinajstić information content (AvgIpc) is 3.22. The summed E-state index contributed by atoms with van der Waals surface area (Å²) in [6.45, 7) is 12.6. The smallest absolute Gasteiger partial charge is 0.193 e. The Balaban J connectivity index is 1.46. The van der Waals surface area contributed by atoms with Crippen LogP contribution >= 0.6 is 0 Å². The lowest BCUT2D eigenvalue weighted by Gasteiger charge is -2.29. The number of hydrogen-bond acceptors (Lipinski definition) is 4. The Bertz CT molecular complexity index is 635. The number of aliphatic hydroxyl groups excluding tert-OH is 1. The van der Waals surface area contributed by atoms with Crippen molar-refractivity contribution in [3.8, 4) is 0 Å². The third kappa shape index (κ3) is 6.17. The van der Waals surface area contributed by atoms with Crippen LogP contribution in [-0.4, -0.2) is 84.2 Å². The lowest BCUT2D eigenvalue weighted by atomic mass is 10.1. The first-order valence-electron chi connectivity index (χ1n) is 11.3. The summed E-state index contributed by atoms with van der Waals surface area (Å²) in [7, 11) is 1.88. The molecule has 29 heavy (non-hydrogen) atoms. The third-order valence-corrected chi connectivity index (χ3v) is 6.44. The van der Waals surface area contributed by atoms with Crippen LogP contribution in [0, 0.1) is 0 Å². The first kappa shape index (κ1) is 22.1. The molecule has 0 bridgehead atoms. The highest BCUT2D eigenvalue weighted by atomic mass is 16.3. The zero-order valence-electron chi connectivity index (χ0n) is 18.5. The first-order valence-corrected chi connectivity index (χ1v) is 11.3. The van der Waals surface area contributed by atoms with Crippen molar-refractivity contribution in [2.45, 2.75) is 58.3 Å². The highest BCUT2D eigenvalue weighted by Gasteiger charge is 2.27. The number of nitrogens with zero attached hydrogens (tertiary/aromatic N) is 4. The van der Waals surface area contributed by atoms with Gasteiger partial charge >= 0.3 is 0 Å². The van der Waals surface area contributed by atoms with Gasteiger partial charge in [-0.15, -0.1) is 0 Å². The SMILES string of the molecule is CCN(CC)C1CCN(C(=NC)NCc2ccc(CN3CCC(O)CC3)cc2)C1. The van der Waals surface area contributed by atoms with Crippen LogP contribution in [0.2, 0.25) is 0 Å². The van der Waals surface area contributed by atoms with Crippen LogP contribution in [0.3, 0.4) is 0 Å². The van der Waals surface area contributed by atoms with Crippen molar-refractivity contribution in [1.29, 1.82) is 0 Å². The molecule has 0 spiro atoms. The number of guanidine groups is 1. The minimum Gasteiger partial charge on any atom is -0.393 e. The Kier molecular flexibility index (Phi) is 8.33. The van der Waals surface area contributed by atoms with E-state index in [9.17, 15) is 5.11 Å². The van der Waals surface area contributed by atoms with E-state index in [1.54, 1.807) is 0 Å². The fourth-order valence-electron chi connectivity index (χ4n) is 4.58. The molecule has 2 aliphatic heterocycles. The van der Waals surface area contributed by atoms with E-state index in [1.165, 1.54) is 17.5 Å². The van der Waals surface area contributed by atoms with Gasteiger partial charge in [-0.3, -0.25) is 14.8 Å². The van der Waals surface area contributed by atoms with E-state index in [0.29, 0.717) is 6.04 Å². The van der Waals surface area contributed by atoms with Gasteiger partial charge < -0.3 is 15.3 Å². The number of likely N-dealkylation sites (N-methyl/N-ethyl adjacent to an activating group) is 1. The molecule has 2 saturated heterocycles. The predicted octanol–water partition coefficient (Wildman–Crippen LogP) is 2.13. The minimum absolute atomic E-state index is 0.105. The second kappa shape index (κ2) is 11.0. The van der Waals surface area contributed by atoms with Crippen LogP contribution in [0.4, 0.5) is 0 Å². The van der Waals surface area contributed by atoms with E-state index in [4.69, 9.17) is 0 Å². The highest BCUT2D eigenvalue weighted by Crippen LogP contribution is 2.16. The second-order valence-corrected chi connectivity index (χ2v) is 8.33. The number of aliphatic hydroxyl groups is 1. The molecule has 1 unspecified atom stereocenters. The molecule has 6 heteroatoms. The molecule has 2 N–H and O–H groups in total. The molecule has 1 atom stereocenters. The summed E-state index contributed by atoms with van der Waals surface area (Å²) in [5.74, 6) is 1.01. The molecule has 0 radical (unpaired) electrons. The van der Waals surface area contributed by atoms with Crippen LogP contribution in [-0.2, 0) is 13.1 Å². The van der Waals surface area contributed by atoms with E-state index in [-0.39, 0.29) is 6.10 Å². The molecule has 2 fully saturated rings. The topological polar surface area (TPSA) is 54.3 Å². The third-order valence-electron chi connectivity index (χ3n) is 6.44. The minimum atomic E-state index is -0.105. The lowest BCUT2D eigenvalue weighted by Crippen LogP contribution is -2.43. The van der Waals surface area contributed by atoms with Gasteiger partial charge in [-0.25, -0.2) is 0 Å². The molecule has 3 rings (SSSR count). The average molecular weight is 402 g/mol. The first-order chi connectivity index (χ1) is 14.1. The van der Waals surface area contributed by atoms with Gasteiger partial charge in [-0.2, -0.15) is 0 Å². The molecular formula is C23H39N5O. The maximum absolute atomic E-state index is 9.65. The molecule has 0 saturated carbocycles. The van der Waals surface area contributed by atoms with Gasteiger partial charge in [0.1, 0.15) is 0 Å². The quantitative estimate of drug-likeness (QED) is 0.542. The van der Waals surface area contributed by atoms with Crippen LogP contribution < -0.4 is 5.32 Å². The lowest BCUT2D eigenvalue weighted by molar-refractivity contribution is 0.0792. The molecule has 2 heterocycles. The predicted molar refractivity (Wildman–Crippen MR) is 120 cm³/mol. The molecule has 1 aromatic rings. The number of nitrogens with one attached hydrogen (secondary N) is 1. The standard InChI is InChI=1S/C23H39N5O/c1-4-27(5-2)21-10-15-28(18-21)23(24-3)25-16-19-6-8-20(9-7-19)17-26-13-11-22(29)12-14-26/h6-9,21-22,29H,4-5,10-18H2,1-3H3,(H,24,25). The Labute approximate surface area is 176 Å². The van der Waals surface area contributed by atoms with Gasteiger partial charge in [0, 0.05) is 52.4 Å². The molecule has 6 nitrogen and oxygen atoms in total. The normalized spacial score (nSPS) is 21.9. The number of hydrogen-bond donors (Lipinski definition) is 2. The maximum Gasteiger partial charge on any atom is 0.193 e. The number of piperidine rings is 1. The summed E-state index contributed by atoms with van der Waals surface area (Å²) in [5, 5.41) is 13.2. The van der Waals surface area contributed by atoms with Crippen LogP contribution in [0.25, 0.3) is 0 Å². The Morgan fingerprint density at radius 2 is 1.72 bits per heavy atom. The van der Waals surface area contributed by atoms with E-state index < -0.39 is 0 Å². The van der Waals surface area contributed by atoms with Gasteiger partial charge in [0.25, 0.3) is 0 Å². The number of likely N-dealkylation sites (tertiary alicyclic amines) is 2. The summed E-state index contributed by atoms with van der Waals surface area (Å²) in [5.41, 5.74) is 2.62. The molecule has 2 aliphatic rings. The van der Waals surface area contributed by atoms with E-state index in [1.807, 2.05) is 7.05 Å². The van der Waals surface area contributed by atoms with Crippen molar-refractivity contribution in [3.63, 3.8) is 0 Å². The summed E-state index contributed by atoms with van der Waals surface area (Å²) in [4.78, 5) is 11.9. The summed E-state index contributed by atoms with van der Waals surface area (Å²) < 4.78 is 0. The monoisotopic (exact) mass is 401 g/mol. The molecule has 0 aromatic heterocycles. The van der Waals surface area contributed by atoms with Gasteiger partial charge in [0.2, 0.25) is 0 Å².